The topological polar surface area (TPSA) is 63.3 Å². The lowest BCUT2D eigenvalue weighted by Gasteiger charge is -2.26. The molecule has 0 atom stereocenters. The summed E-state index contributed by atoms with van der Waals surface area (Å²) in [6.45, 7) is 0. The lowest BCUT2D eigenvalue weighted by molar-refractivity contribution is 0.0697. The van der Waals surface area contributed by atoms with Crippen LogP contribution in [-0.2, 0) is 0 Å². The third kappa shape index (κ3) is 1.57. The van der Waals surface area contributed by atoms with Crippen LogP contribution in [0.3, 0.4) is 0 Å². The van der Waals surface area contributed by atoms with Gasteiger partial charge in [0, 0.05) is 23.1 Å². The van der Waals surface area contributed by atoms with Crippen molar-refractivity contribution in [2.75, 3.05) is 17.2 Å². The number of carboxylic acids is 1. The number of hydrogen-bond donors (Lipinski definition) is 2. The maximum absolute atomic E-state index is 10.7. The maximum Gasteiger partial charge on any atom is 0.335 e. The third-order valence-electron chi connectivity index (χ3n) is 2.41. The summed E-state index contributed by atoms with van der Waals surface area (Å²) in [5.74, 6) is 1.78. The van der Waals surface area contributed by atoms with Gasteiger partial charge in [-0.15, -0.1) is 0 Å². The molecule has 74 valence electrons. The van der Waals surface area contributed by atoms with Crippen LogP contribution in [-0.4, -0.2) is 22.6 Å². The molecule has 0 aliphatic carbocycles. The highest BCUT2D eigenvalue weighted by Crippen LogP contribution is 2.36. The van der Waals surface area contributed by atoms with Gasteiger partial charge in [-0.3, -0.25) is 0 Å². The summed E-state index contributed by atoms with van der Waals surface area (Å²) in [5.41, 5.74) is 7.76. The Morgan fingerprint density at radius 1 is 1.50 bits per heavy atom. The molecular weight excluding hydrogens is 198 g/mol. The highest BCUT2D eigenvalue weighted by atomic mass is 32.2. The fraction of sp³-hybridized carbons (Fsp3) is 0.300. The molecule has 0 bridgehead atoms. The van der Waals surface area contributed by atoms with E-state index in [-0.39, 0.29) is 5.56 Å². The van der Waals surface area contributed by atoms with Gasteiger partial charge in [0.15, 0.2) is 0 Å². The van der Waals surface area contributed by atoms with E-state index in [0.717, 1.165) is 17.1 Å². The minimum absolute atomic E-state index is 0.262. The van der Waals surface area contributed by atoms with E-state index in [1.165, 1.54) is 0 Å². The molecule has 0 amide bonds. The molecule has 0 aromatic heterocycles. The molecule has 1 heterocycles. The van der Waals surface area contributed by atoms with E-state index in [1.807, 2.05) is 17.8 Å². The highest BCUT2D eigenvalue weighted by Gasteiger charge is 2.22. The fourth-order valence-electron chi connectivity index (χ4n) is 1.49. The minimum Gasteiger partial charge on any atom is -0.478 e. The molecule has 3 N–H and O–H groups in total. The monoisotopic (exact) mass is 209 g/mol. The van der Waals surface area contributed by atoms with Crippen molar-refractivity contribution < 1.29 is 9.90 Å². The van der Waals surface area contributed by atoms with Gasteiger partial charge in [0.05, 0.1) is 5.56 Å². The van der Waals surface area contributed by atoms with Gasteiger partial charge < -0.3 is 10.8 Å². The molecule has 0 spiro atoms. The quantitative estimate of drug-likeness (QED) is 0.729. The molecule has 1 aromatic carbocycles. The average Bonchev–Trinajstić information content (AvgIpc) is 2.04. The second-order valence-electron chi connectivity index (χ2n) is 3.38. The van der Waals surface area contributed by atoms with Crippen LogP contribution in [0.15, 0.2) is 18.2 Å². The lowest BCUT2D eigenvalue weighted by atomic mass is 9.98. The van der Waals surface area contributed by atoms with Crippen molar-refractivity contribution in [3.05, 3.63) is 29.3 Å². The zero-order chi connectivity index (χ0) is 10.1. The number of hydrogen-bond acceptors (Lipinski definition) is 3. The van der Waals surface area contributed by atoms with Crippen LogP contribution in [0.25, 0.3) is 0 Å². The van der Waals surface area contributed by atoms with Crippen LogP contribution in [0.1, 0.15) is 21.8 Å². The summed E-state index contributed by atoms with van der Waals surface area (Å²) in [6.07, 6.45) is 0. The van der Waals surface area contributed by atoms with E-state index in [4.69, 9.17) is 10.8 Å². The molecule has 3 nitrogen and oxygen atoms in total. The second kappa shape index (κ2) is 3.53. The Morgan fingerprint density at radius 2 is 2.21 bits per heavy atom. The Bertz CT molecular complexity index is 374. The van der Waals surface area contributed by atoms with E-state index in [1.54, 1.807) is 12.1 Å². The van der Waals surface area contributed by atoms with Crippen LogP contribution in [0.4, 0.5) is 5.69 Å². The zero-order valence-electron chi connectivity index (χ0n) is 7.56. The Balaban J connectivity index is 2.30. The van der Waals surface area contributed by atoms with Crippen molar-refractivity contribution in [2.45, 2.75) is 5.92 Å². The van der Waals surface area contributed by atoms with Gasteiger partial charge in [0.1, 0.15) is 0 Å². The van der Waals surface area contributed by atoms with Crippen LogP contribution in [0.5, 0.6) is 0 Å². The number of rotatable bonds is 2. The summed E-state index contributed by atoms with van der Waals surface area (Å²) < 4.78 is 0. The third-order valence-corrected chi connectivity index (χ3v) is 3.69. The van der Waals surface area contributed by atoms with Gasteiger partial charge >= 0.3 is 5.97 Å². The van der Waals surface area contributed by atoms with Crippen molar-refractivity contribution in [2.24, 2.45) is 0 Å². The first-order valence-electron chi connectivity index (χ1n) is 4.39. The Morgan fingerprint density at radius 3 is 2.64 bits per heavy atom. The molecule has 0 radical (unpaired) electrons. The molecule has 1 aliphatic rings. The predicted octanol–water partition coefficient (Wildman–Crippen LogP) is 1.80. The number of nitrogens with two attached hydrogens (primary N) is 1. The number of benzene rings is 1. The molecule has 0 unspecified atom stereocenters. The zero-order valence-corrected chi connectivity index (χ0v) is 8.38. The van der Waals surface area contributed by atoms with Gasteiger partial charge in [-0.25, -0.2) is 4.79 Å². The number of nitrogen functional groups attached to an aromatic ring is 1. The van der Waals surface area contributed by atoms with Crippen LogP contribution in [0, 0.1) is 0 Å². The van der Waals surface area contributed by atoms with Gasteiger partial charge in [0.2, 0.25) is 0 Å². The summed E-state index contributed by atoms with van der Waals surface area (Å²) in [5, 5.41) is 8.75. The molecule has 14 heavy (non-hydrogen) atoms. The Labute approximate surface area is 86.3 Å². The molecule has 1 aliphatic heterocycles. The summed E-state index contributed by atoms with van der Waals surface area (Å²) in [4.78, 5) is 10.7. The predicted molar refractivity (Wildman–Crippen MR) is 57.9 cm³/mol. The number of thioether (sulfide) groups is 1. The van der Waals surface area contributed by atoms with Crippen LogP contribution < -0.4 is 5.73 Å². The van der Waals surface area contributed by atoms with E-state index in [0.29, 0.717) is 11.6 Å². The average molecular weight is 209 g/mol. The molecule has 4 heteroatoms. The summed E-state index contributed by atoms with van der Waals surface area (Å²) in [7, 11) is 0. The van der Waals surface area contributed by atoms with E-state index < -0.39 is 5.97 Å². The first-order valence-corrected chi connectivity index (χ1v) is 5.54. The first kappa shape index (κ1) is 9.40. The standard InChI is InChI=1S/C10H11NO2S/c11-9-3-6(10(12)13)1-2-8(9)7-4-14-5-7/h1-3,7H,4-5,11H2,(H,12,13). The SMILES string of the molecule is Nc1cc(C(=O)O)ccc1C1CSC1. The second-order valence-corrected chi connectivity index (χ2v) is 4.46. The molecule has 1 fully saturated rings. The van der Waals surface area contributed by atoms with Gasteiger partial charge in [0.25, 0.3) is 0 Å². The maximum atomic E-state index is 10.7. The Hall–Kier alpha value is -1.16. The number of anilines is 1. The van der Waals surface area contributed by atoms with E-state index in [9.17, 15) is 4.79 Å². The van der Waals surface area contributed by atoms with Gasteiger partial charge in [-0.05, 0) is 17.7 Å². The Kier molecular flexibility index (Phi) is 2.37. The van der Waals surface area contributed by atoms with Crippen molar-refractivity contribution in [1.29, 1.82) is 0 Å². The van der Waals surface area contributed by atoms with Crippen molar-refractivity contribution in [3.63, 3.8) is 0 Å². The lowest BCUT2D eigenvalue weighted by Crippen LogP contribution is -2.17. The molecular formula is C10H11NO2S. The fourth-order valence-corrected chi connectivity index (χ4v) is 2.33. The smallest absolute Gasteiger partial charge is 0.335 e. The largest absolute Gasteiger partial charge is 0.478 e. The number of carboxylic acid groups (broad SMARTS) is 1. The van der Waals surface area contributed by atoms with Gasteiger partial charge in [-0.2, -0.15) is 11.8 Å². The summed E-state index contributed by atoms with van der Waals surface area (Å²) in [6, 6.07) is 5.00. The van der Waals surface area contributed by atoms with Crippen molar-refractivity contribution in [3.8, 4) is 0 Å². The summed E-state index contributed by atoms with van der Waals surface area (Å²) >= 11 is 1.89. The van der Waals surface area contributed by atoms with Crippen molar-refractivity contribution in [1.82, 2.24) is 0 Å². The van der Waals surface area contributed by atoms with E-state index >= 15 is 0 Å². The van der Waals surface area contributed by atoms with E-state index in [2.05, 4.69) is 0 Å². The molecule has 1 saturated heterocycles. The van der Waals surface area contributed by atoms with Crippen molar-refractivity contribution >= 4 is 23.4 Å². The first-order chi connectivity index (χ1) is 6.68. The van der Waals surface area contributed by atoms with Crippen LogP contribution >= 0.6 is 11.8 Å². The minimum atomic E-state index is -0.925. The highest BCUT2D eigenvalue weighted by molar-refractivity contribution is 8.00. The normalized spacial score (nSPS) is 16.3. The number of aromatic carboxylic acids is 1. The molecule has 2 rings (SSSR count). The van der Waals surface area contributed by atoms with Gasteiger partial charge in [-0.1, -0.05) is 6.07 Å². The molecule has 1 aromatic rings. The molecule has 0 saturated carbocycles. The number of carbonyl (C=O) groups is 1. The van der Waals surface area contributed by atoms with Crippen LogP contribution in [0.2, 0.25) is 0 Å².